The molecule has 7 atom stereocenters. The minimum absolute atomic E-state index is 0.121. The van der Waals surface area contributed by atoms with Gasteiger partial charge in [0.2, 0.25) is 5.91 Å². The Morgan fingerprint density at radius 1 is 1.42 bits per heavy atom. The van der Waals surface area contributed by atoms with E-state index < -0.39 is 53.4 Å². The summed E-state index contributed by atoms with van der Waals surface area (Å²) in [5.74, 6) is -4.03. The number of carbonyl (C=O) groups is 3. The first kappa shape index (κ1) is 27.1. The van der Waals surface area contributed by atoms with Crippen LogP contribution in [-0.4, -0.2) is 74.7 Å². The molecule has 0 radical (unpaired) electrons. The van der Waals surface area contributed by atoms with E-state index in [1.807, 2.05) is 26.8 Å². The molecule has 8 nitrogen and oxygen atoms in total. The number of carboxylic acid groups (broad SMARTS) is 1. The molecule has 3 aliphatic heterocycles. The van der Waals surface area contributed by atoms with Gasteiger partial charge in [0, 0.05) is 11.4 Å². The molecule has 196 valence electrons. The van der Waals surface area contributed by atoms with Crippen molar-refractivity contribution in [2.45, 2.75) is 62.2 Å². The Balaban J connectivity index is 1.89. The van der Waals surface area contributed by atoms with Crippen molar-refractivity contribution in [3.05, 3.63) is 41.4 Å². The van der Waals surface area contributed by atoms with Crippen LogP contribution in [0.15, 0.2) is 30.9 Å². The Morgan fingerprint density at radius 3 is 2.67 bits per heavy atom. The van der Waals surface area contributed by atoms with Crippen LogP contribution in [0.3, 0.4) is 0 Å². The molecule has 3 fully saturated rings. The highest BCUT2D eigenvalue weighted by Crippen LogP contribution is 2.60. The number of hydrogen-bond donors (Lipinski definition) is 2. The molecule has 2 bridgehead atoms. The van der Waals surface area contributed by atoms with Crippen molar-refractivity contribution in [1.82, 2.24) is 4.90 Å². The molecule has 1 spiro atoms. The zero-order valence-electron chi connectivity index (χ0n) is 20.6. The van der Waals surface area contributed by atoms with E-state index in [0.717, 1.165) is 5.56 Å². The van der Waals surface area contributed by atoms with Crippen LogP contribution >= 0.6 is 27.5 Å². The zero-order valence-corrected chi connectivity index (χ0v) is 22.9. The summed E-state index contributed by atoms with van der Waals surface area (Å²) in [5, 5.41) is 20.8. The number of benzene rings is 1. The Hall–Kier alpha value is -1.94. The lowest BCUT2D eigenvalue weighted by atomic mass is 9.70. The summed E-state index contributed by atoms with van der Waals surface area (Å²) in [7, 11) is 0. The van der Waals surface area contributed by atoms with Gasteiger partial charge >= 0.3 is 5.97 Å². The molecular weight excluding hydrogens is 552 g/mol. The molecule has 2 amide bonds. The number of aliphatic carboxylic acids is 1. The minimum atomic E-state index is -1.34. The number of hydrogen-bond acceptors (Lipinski definition) is 5. The minimum Gasteiger partial charge on any atom is -0.481 e. The molecule has 1 aromatic rings. The van der Waals surface area contributed by atoms with Crippen LogP contribution < -0.4 is 4.90 Å². The lowest BCUT2D eigenvalue weighted by Crippen LogP contribution is -2.59. The van der Waals surface area contributed by atoms with Crippen molar-refractivity contribution >= 4 is 51.0 Å². The smallest absolute Gasteiger partial charge is 0.310 e. The third-order valence-electron chi connectivity index (χ3n) is 7.63. The van der Waals surface area contributed by atoms with Crippen molar-refractivity contribution < 1.29 is 29.3 Å². The molecule has 10 heteroatoms. The van der Waals surface area contributed by atoms with E-state index in [0.29, 0.717) is 23.6 Å². The van der Waals surface area contributed by atoms with Crippen molar-refractivity contribution in [3.8, 4) is 0 Å². The number of aliphatic hydroxyl groups is 1. The Morgan fingerprint density at radius 2 is 2.11 bits per heavy atom. The number of aliphatic hydroxyl groups excluding tert-OH is 1. The molecule has 0 aromatic heterocycles. The number of carboxylic acids is 1. The number of para-hydroxylation sites is 1. The maximum atomic E-state index is 14.5. The maximum absolute atomic E-state index is 14.5. The number of nitrogens with zero attached hydrogens (tertiary/aromatic N) is 2. The number of halogens is 2. The number of rotatable bonds is 9. The van der Waals surface area contributed by atoms with Crippen LogP contribution in [0.25, 0.3) is 0 Å². The Kier molecular flexibility index (Phi) is 7.59. The largest absolute Gasteiger partial charge is 0.481 e. The molecule has 0 saturated carbocycles. The van der Waals surface area contributed by atoms with Gasteiger partial charge in [-0.3, -0.25) is 14.4 Å². The number of carbonyl (C=O) groups excluding carboxylic acids is 2. The van der Waals surface area contributed by atoms with Crippen LogP contribution in [0, 0.1) is 24.7 Å². The van der Waals surface area contributed by atoms with Gasteiger partial charge in [0.25, 0.3) is 5.91 Å². The van der Waals surface area contributed by atoms with E-state index >= 15 is 0 Å². The fourth-order valence-corrected chi connectivity index (χ4v) is 7.64. The normalized spacial score (nSPS) is 31.6. The third kappa shape index (κ3) is 4.08. The monoisotopic (exact) mass is 582 g/mol. The Bertz CT molecular complexity index is 1060. The number of likely N-dealkylation sites (tertiary alicyclic amines) is 1. The third-order valence-corrected chi connectivity index (χ3v) is 8.78. The highest BCUT2D eigenvalue weighted by atomic mass is 79.9. The Labute approximate surface area is 224 Å². The van der Waals surface area contributed by atoms with Crippen molar-refractivity contribution in [2.75, 3.05) is 18.1 Å². The van der Waals surface area contributed by atoms with E-state index in [4.69, 9.17) is 16.3 Å². The van der Waals surface area contributed by atoms with Crippen molar-refractivity contribution in [2.24, 2.45) is 17.8 Å². The van der Waals surface area contributed by atoms with Crippen LogP contribution in [0.4, 0.5) is 5.69 Å². The standard InChI is InChI=1S/C26H32BrClN2O6/c1-5-9-29(20-14(4)7-6-8-17(20)28)24(33)22-26-11-16(27)21(36-26)18(25(34)35)19(26)23(32)30(22)15(12-31)10-13(2)3/h5-8,13,15-16,18-19,21-22,31H,1,9-12H2,2-4H3,(H,34,35)/t15-,16?,18+,19-,21+,22+,26-/m1/s1. The number of anilines is 1. The van der Waals surface area contributed by atoms with E-state index in [2.05, 4.69) is 22.5 Å². The van der Waals surface area contributed by atoms with E-state index in [9.17, 15) is 24.6 Å². The summed E-state index contributed by atoms with van der Waals surface area (Å²) in [4.78, 5) is 43.4. The van der Waals surface area contributed by atoms with Gasteiger partial charge < -0.3 is 24.7 Å². The zero-order chi connectivity index (χ0) is 26.5. The molecular formula is C26H32BrClN2O6. The van der Waals surface area contributed by atoms with Crippen LogP contribution in [0.2, 0.25) is 5.02 Å². The van der Waals surface area contributed by atoms with Crippen molar-refractivity contribution in [3.63, 3.8) is 0 Å². The van der Waals surface area contributed by atoms with Gasteiger partial charge in [0.1, 0.15) is 11.6 Å². The molecule has 1 unspecified atom stereocenters. The van der Waals surface area contributed by atoms with Gasteiger partial charge in [-0.2, -0.15) is 0 Å². The number of amides is 2. The summed E-state index contributed by atoms with van der Waals surface area (Å²) in [6.07, 6.45) is 1.59. The average Bonchev–Trinajstić information content (AvgIpc) is 3.39. The first-order chi connectivity index (χ1) is 17.0. The summed E-state index contributed by atoms with van der Waals surface area (Å²) in [5.41, 5.74) is -0.0740. The number of alkyl halides is 1. The SMILES string of the molecule is C=CCN(C(=O)[C@@H]1N([C@@H](CO)CC(C)C)C(=O)[C@H]2[C@H](C(=O)O)[C@H]3O[C@@]12CC3Br)c1c(C)cccc1Cl. The van der Waals surface area contributed by atoms with E-state index in [-0.39, 0.29) is 23.9 Å². The molecule has 1 aromatic carbocycles. The predicted octanol–water partition coefficient (Wildman–Crippen LogP) is 3.41. The van der Waals surface area contributed by atoms with Gasteiger partial charge in [-0.25, -0.2) is 0 Å². The molecule has 0 aliphatic carbocycles. The fourth-order valence-electron chi connectivity index (χ4n) is 6.38. The molecule has 36 heavy (non-hydrogen) atoms. The fraction of sp³-hybridized carbons (Fsp3) is 0.577. The second kappa shape index (κ2) is 10.1. The average molecular weight is 584 g/mol. The van der Waals surface area contributed by atoms with Gasteiger partial charge in [0.05, 0.1) is 41.3 Å². The maximum Gasteiger partial charge on any atom is 0.310 e. The highest BCUT2D eigenvalue weighted by Gasteiger charge is 2.77. The van der Waals surface area contributed by atoms with E-state index in [1.54, 1.807) is 18.2 Å². The van der Waals surface area contributed by atoms with Crippen LogP contribution in [0.1, 0.15) is 32.3 Å². The lowest BCUT2D eigenvalue weighted by molar-refractivity contribution is -0.151. The number of aryl methyl sites for hydroxylation is 1. The summed E-state index contributed by atoms with van der Waals surface area (Å²) >= 11 is 10.1. The second-order valence-electron chi connectivity index (χ2n) is 10.4. The van der Waals surface area contributed by atoms with Gasteiger partial charge in [-0.15, -0.1) is 6.58 Å². The van der Waals surface area contributed by atoms with E-state index in [1.165, 1.54) is 9.80 Å². The quantitative estimate of drug-likeness (QED) is 0.341. The summed E-state index contributed by atoms with van der Waals surface area (Å²) in [6, 6.07) is 3.52. The summed E-state index contributed by atoms with van der Waals surface area (Å²) < 4.78 is 6.35. The number of fused-ring (bicyclic) bond motifs is 1. The lowest BCUT2D eigenvalue weighted by Gasteiger charge is -2.40. The topological polar surface area (TPSA) is 107 Å². The predicted molar refractivity (Wildman–Crippen MR) is 139 cm³/mol. The second-order valence-corrected chi connectivity index (χ2v) is 11.9. The molecule has 3 heterocycles. The molecule has 3 aliphatic rings. The number of ether oxygens (including phenoxy) is 1. The highest BCUT2D eigenvalue weighted by molar-refractivity contribution is 9.09. The first-order valence-corrected chi connectivity index (χ1v) is 13.4. The van der Waals surface area contributed by atoms with Crippen LogP contribution in [-0.2, 0) is 19.1 Å². The van der Waals surface area contributed by atoms with Gasteiger partial charge in [-0.05, 0) is 37.3 Å². The van der Waals surface area contributed by atoms with Gasteiger partial charge in [0.15, 0.2) is 0 Å². The molecule has 3 saturated heterocycles. The first-order valence-electron chi connectivity index (χ1n) is 12.1. The molecule has 4 rings (SSSR count). The van der Waals surface area contributed by atoms with Crippen molar-refractivity contribution in [1.29, 1.82) is 0 Å². The van der Waals surface area contributed by atoms with Gasteiger partial charge in [-0.1, -0.05) is 59.6 Å². The van der Waals surface area contributed by atoms with Crippen LogP contribution in [0.5, 0.6) is 0 Å². The summed E-state index contributed by atoms with van der Waals surface area (Å²) in [6.45, 7) is 9.34. The molecule has 2 N–H and O–H groups in total.